The Labute approximate surface area is 100 Å². The van der Waals surface area contributed by atoms with Crippen LogP contribution < -0.4 is 5.73 Å². The van der Waals surface area contributed by atoms with Crippen LogP contribution in [0, 0.1) is 0 Å². The maximum Gasteiger partial charge on any atom is 0.216 e. The quantitative estimate of drug-likeness (QED) is 0.808. The lowest BCUT2D eigenvalue weighted by Crippen LogP contribution is -2.00. The highest BCUT2D eigenvalue weighted by Crippen LogP contribution is 2.06. The molecule has 0 saturated heterocycles. The monoisotopic (exact) mass is 232 g/mol. The number of pyridine rings is 1. The van der Waals surface area contributed by atoms with Gasteiger partial charge in [-0.1, -0.05) is 6.07 Å². The van der Waals surface area contributed by atoms with Gasteiger partial charge in [-0.15, -0.1) is 10.2 Å². The highest BCUT2D eigenvalue weighted by atomic mass is 16.4. The zero-order valence-electron chi connectivity index (χ0n) is 9.67. The van der Waals surface area contributed by atoms with E-state index in [2.05, 4.69) is 15.2 Å². The van der Waals surface area contributed by atoms with Crippen LogP contribution in [-0.2, 0) is 19.3 Å². The standard InChI is InChI=1S/C12H16N4O/c13-7-1-4-11-15-16-12(17-11)6-5-10-3-2-8-14-9-10/h2-3,8-9H,1,4-7,13H2. The summed E-state index contributed by atoms with van der Waals surface area (Å²) in [5.74, 6) is 1.36. The molecule has 0 spiro atoms. The molecule has 0 unspecified atom stereocenters. The summed E-state index contributed by atoms with van der Waals surface area (Å²) in [6.45, 7) is 0.646. The number of aromatic nitrogens is 3. The Bertz CT molecular complexity index is 441. The minimum Gasteiger partial charge on any atom is -0.425 e. The van der Waals surface area contributed by atoms with E-state index in [1.54, 1.807) is 6.20 Å². The number of rotatable bonds is 6. The van der Waals surface area contributed by atoms with Crippen LogP contribution in [0.15, 0.2) is 28.9 Å². The van der Waals surface area contributed by atoms with Crippen LogP contribution in [-0.4, -0.2) is 21.7 Å². The average Bonchev–Trinajstić information content (AvgIpc) is 2.83. The molecule has 0 aromatic carbocycles. The minimum absolute atomic E-state index is 0.646. The summed E-state index contributed by atoms with van der Waals surface area (Å²) in [5, 5.41) is 7.98. The summed E-state index contributed by atoms with van der Waals surface area (Å²) in [4.78, 5) is 4.06. The lowest BCUT2D eigenvalue weighted by molar-refractivity contribution is 0.444. The molecule has 2 heterocycles. The normalized spacial score (nSPS) is 10.6. The molecule has 0 aliphatic heterocycles. The van der Waals surface area contributed by atoms with E-state index in [4.69, 9.17) is 10.2 Å². The molecule has 5 heteroatoms. The molecule has 0 aliphatic rings. The maximum absolute atomic E-state index is 5.51. The molecule has 0 fully saturated rings. The van der Waals surface area contributed by atoms with Gasteiger partial charge in [0.25, 0.3) is 0 Å². The maximum atomic E-state index is 5.51. The summed E-state index contributed by atoms with van der Waals surface area (Å²) in [6, 6.07) is 3.97. The minimum atomic E-state index is 0.646. The summed E-state index contributed by atoms with van der Waals surface area (Å²) >= 11 is 0. The fraction of sp³-hybridized carbons (Fsp3) is 0.417. The second-order valence-electron chi connectivity index (χ2n) is 3.84. The van der Waals surface area contributed by atoms with E-state index in [0.29, 0.717) is 18.3 Å². The fourth-order valence-electron chi connectivity index (χ4n) is 1.54. The van der Waals surface area contributed by atoms with Crippen molar-refractivity contribution < 1.29 is 4.42 Å². The van der Waals surface area contributed by atoms with E-state index in [1.807, 2.05) is 18.3 Å². The lowest BCUT2D eigenvalue weighted by Gasteiger charge is -1.96. The number of hydrogen-bond acceptors (Lipinski definition) is 5. The van der Waals surface area contributed by atoms with Gasteiger partial charge in [-0.2, -0.15) is 0 Å². The zero-order chi connectivity index (χ0) is 11.9. The van der Waals surface area contributed by atoms with Gasteiger partial charge in [0.15, 0.2) is 0 Å². The number of aryl methyl sites for hydroxylation is 3. The van der Waals surface area contributed by atoms with Gasteiger partial charge < -0.3 is 10.2 Å². The van der Waals surface area contributed by atoms with Gasteiger partial charge in [0.1, 0.15) is 0 Å². The summed E-state index contributed by atoms with van der Waals surface area (Å²) in [7, 11) is 0. The summed E-state index contributed by atoms with van der Waals surface area (Å²) in [5.41, 5.74) is 6.60. The third-order valence-corrected chi connectivity index (χ3v) is 2.45. The van der Waals surface area contributed by atoms with Crippen LogP contribution in [0.5, 0.6) is 0 Å². The van der Waals surface area contributed by atoms with Crippen LogP contribution in [0.25, 0.3) is 0 Å². The van der Waals surface area contributed by atoms with E-state index in [0.717, 1.165) is 25.7 Å². The van der Waals surface area contributed by atoms with Crippen molar-refractivity contribution in [3.05, 3.63) is 41.9 Å². The first-order chi connectivity index (χ1) is 8.38. The Morgan fingerprint density at radius 2 is 1.94 bits per heavy atom. The van der Waals surface area contributed by atoms with Crippen LogP contribution in [0.3, 0.4) is 0 Å². The van der Waals surface area contributed by atoms with E-state index in [-0.39, 0.29) is 0 Å². The van der Waals surface area contributed by atoms with Crippen LogP contribution >= 0.6 is 0 Å². The van der Waals surface area contributed by atoms with Crippen molar-refractivity contribution in [1.29, 1.82) is 0 Å². The van der Waals surface area contributed by atoms with E-state index >= 15 is 0 Å². The molecule has 2 aromatic rings. The van der Waals surface area contributed by atoms with Crippen molar-refractivity contribution in [2.45, 2.75) is 25.7 Å². The Balaban J connectivity index is 1.85. The molecule has 0 atom stereocenters. The molecule has 0 aliphatic carbocycles. The molecular formula is C12H16N4O. The predicted octanol–water partition coefficient (Wildman–Crippen LogP) is 1.14. The van der Waals surface area contributed by atoms with Crippen LogP contribution in [0.1, 0.15) is 23.8 Å². The van der Waals surface area contributed by atoms with Crippen molar-refractivity contribution in [2.24, 2.45) is 5.73 Å². The number of nitrogens with zero attached hydrogens (tertiary/aromatic N) is 3. The van der Waals surface area contributed by atoms with Gasteiger partial charge in [-0.3, -0.25) is 4.98 Å². The Morgan fingerprint density at radius 3 is 2.65 bits per heavy atom. The van der Waals surface area contributed by atoms with Crippen molar-refractivity contribution in [2.75, 3.05) is 6.54 Å². The van der Waals surface area contributed by atoms with E-state index in [1.165, 1.54) is 5.56 Å². The summed E-state index contributed by atoms with van der Waals surface area (Å²) in [6.07, 6.45) is 6.88. The molecule has 0 amide bonds. The molecular weight excluding hydrogens is 216 g/mol. The Kier molecular flexibility index (Phi) is 4.21. The molecule has 0 bridgehead atoms. The third kappa shape index (κ3) is 3.64. The second kappa shape index (κ2) is 6.10. The van der Waals surface area contributed by atoms with Crippen molar-refractivity contribution in [1.82, 2.24) is 15.2 Å². The Hall–Kier alpha value is -1.75. The van der Waals surface area contributed by atoms with Crippen LogP contribution in [0.4, 0.5) is 0 Å². The van der Waals surface area contributed by atoms with Gasteiger partial charge >= 0.3 is 0 Å². The molecule has 5 nitrogen and oxygen atoms in total. The smallest absolute Gasteiger partial charge is 0.216 e. The molecule has 0 saturated carbocycles. The molecule has 0 radical (unpaired) electrons. The first kappa shape index (κ1) is 11.7. The first-order valence-electron chi connectivity index (χ1n) is 5.78. The largest absolute Gasteiger partial charge is 0.425 e. The topological polar surface area (TPSA) is 77.8 Å². The molecule has 17 heavy (non-hydrogen) atoms. The predicted molar refractivity (Wildman–Crippen MR) is 63.3 cm³/mol. The highest BCUT2D eigenvalue weighted by molar-refractivity contribution is 5.09. The van der Waals surface area contributed by atoms with Gasteiger partial charge in [0, 0.05) is 25.2 Å². The first-order valence-corrected chi connectivity index (χ1v) is 5.78. The zero-order valence-corrected chi connectivity index (χ0v) is 9.67. The van der Waals surface area contributed by atoms with Gasteiger partial charge in [-0.05, 0) is 31.0 Å². The second-order valence-corrected chi connectivity index (χ2v) is 3.84. The van der Waals surface area contributed by atoms with E-state index < -0.39 is 0 Å². The Morgan fingerprint density at radius 1 is 1.12 bits per heavy atom. The van der Waals surface area contributed by atoms with E-state index in [9.17, 15) is 0 Å². The van der Waals surface area contributed by atoms with Crippen LogP contribution in [0.2, 0.25) is 0 Å². The van der Waals surface area contributed by atoms with Gasteiger partial charge in [0.2, 0.25) is 11.8 Å². The molecule has 2 rings (SSSR count). The van der Waals surface area contributed by atoms with Gasteiger partial charge in [0.05, 0.1) is 0 Å². The van der Waals surface area contributed by atoms with Gasteiger partial charge in [-0.25, -0.2) is 0 Å². The average molecular weight is 232 g/mol. The fourth-order valence-corrected chi connectivity index (χ4v) is 1.54. The van der Waals surface area contributed by atoms with Crippen molar-refractivity contribution in [3.63, 3.8) is 0 Å². The van der Waals surface area contributed by atoms with Crippen molar-refractivity contribution >= 4 is 0 Å². The summed E-state index contributed by atoms with van der Waals surface area (Å²) < 4.78 is 5.51. The molecule has 2 aromatic heterocycles. The molecule has 90 valence electrons. The molecule has 2 N–H and O–H groups in total. The number of nitrogens with two attached hydrogens (primary N) is 1. The third-order valence-electron chi connectivity index (χ3n) is 2.45. The van der Waals surface area contributed by atoms with Crippen molar-refractivity contribution in [3.8, 4) is 0 Å². The number of hydrogen-bond donors (Lipinski definition) is 1. The highest BCUT2D eigenvalue weighted by Gasteiger charge is 2.05. The SMILES string of the molecule is NCCCc1nnc(CCc2cccnc2)o1. The lowest BCUT2D eigenvalue weighted by atomic mass is 10.2.